The van der Waals surface area contributed by atoms with E-state index < -0.39 is 5.60 Å². The Morgan fingerprint density at radius 3 is 1.72 bits per heavy atom. The molecule has 2 aromatic carbocycles. The Kier molecular flexibility index (Phi) is 11.2. The molecule has 0 aromatic heterocycles. The highest BCUT2D eigenvalue weighted by Crippen LogP contribution is 2.22. The second-order valence-electron chi connectivity index (χ2n) is 11.7. The average Bonchev–Trinajstić information content (AvgIpc) is 3.32. The highest BCUT2D eigenvalue weighted by Gasteiger charge is 2.24. The fourth-order valence-corrected chi connectivity index (χ4v) is 4.71. The van der Waals surface area contributed by atoms with Crippen LogP contribution in [-0.2, 0) is 4.74 Å². The Bertz CT molecular complexity index is 993. The van der Waals surface area contributed by atoms with Gasteiger partial charge in [-0.25, -0.2) is 4.79 Å². The summed E-state index contributed by atoms with van der Waals surface area (Å²) in [6, 6.07) is 17.4. The van der Waals surface area contributed by atoms with E-state index in [4.69, 9.17) is 4.74 Å². The molecule has 0 saturated carbocycles. The summed E-state index contributed by atoms with van der Waals surface area (Å²) in [6.45, 7) is 13.5. The molecule has 0 radical (unpaired) electrons. The fraction of sp³-hybridized carbons (Fsp3) is 0.581. The van der Waals surface area contributed by atoms with Gasteiger partial charge < -0.3 is 34.6 Å². The highest BCUT2D eigenvalue weighted by atomic mass is 16.6. The molecular weight excluding hydrogens is 488 g/mol. The summed E-state index contributed by atoms with van der Waals surface area (Å²) < 4.78 is 5.48. The third kappa shape index (κ3) is 9.84. The Hall–Kier alpha value is -3.13. The van der Waals surface area contributed by atoms with E-state index in [9.17, 15) is 4.79 Å². The summed E-state index contributed by atoms with van der Waals surface area (Å²) in [4.78, 5) is 23.0. The van der Waals surface area contributed by atoms with Gasteiger partial charge in [0, 0.05) is 96.8 Å². The summed E-state index contributed by atoms with van der Waals surface area (Å²) in [6.07, 6.45) is 1.98. The van der Waals surface area contributed by atoms with Gasteiger partial charge in [0.15, 0.2) is 0 Å². The molecule has 0 atom stereocenters. The van der Waals surface area contributed by atoms with E-state index in [1.54, 1.807) is 0 Å². The molecule has 2 aliphatic rings. The van der Waals surface area contributed by atoms with Gasteiger partial charge >= 0.3 is 6.09 Å². The summed E-state index contributed by atoms with van der Waals surface area (Å²) in [7, 11) is 8.23. The highest BCUT2D eigenvalue weighted by molar-refractivity contribution is 5.68. The van der Waals surface area contributed by atoms with Gasteiger partial charge in [0.25, 0.3) is 0 Å². The van der Waals surface area contributed by atoms with Gasteiger partial charge in [-0.1, -0.05) is 0 Å². The number of ether oxygens (including phenoxy) is 1. The second kappa shape index (κ2) is 14.3. The van der Waals surface area contributed by atoms with Gasteiger partial charge in [0.05, 0.1) is 0 Å². The first kappa shape index (κ1) is 30.4. The van der Waals surface area contributed by atoms with Crippen molar-refractivity contribution < 1.29 is 9.53 Å². The number of hydrogen-bond donors (Lipinski definition) is 1. The lowest BCUT2D eigenvalue weighted by atomic mass is 10.2. The van der Waals surface area contributed by atoms with Crippen LogP contribution < -0.4 is 24.9 Å². The van der Waals surface area contributed by atoms with Crippen LogP contribution in [0.2, 0.25) is 0 Å². The quantitative estimate of drug-likeness (QED) is 0.603. The van der Waals surface area contributed by atoms with Crippen molar-refractivity contribution >= 4 is 28.8 Å². The van der Waals surface area contributed by atoms with Crippen LogP contribution in [-0.4, -0.2) is 97.1 Å². The number of amides is 1. The summed E-state index contributed by atoms with van der Waals surface area (Å²) in [5.41, 5.74) is 4.57. The van der Waals surface area contributed by atoms with Crippen molar-refractivity contribution in [2.24, 2.45) is 0 Å². The summed E-state index contributed by atoms with van der Waals surface area (Å²) >= 11 is 0. The smallest absolute Gasteiger partial charge is 0.410 e. The first-order valence-electron chi connectivity index (χ1n) is 14.3. The molecule has 8 nitrogen and oxygen atoms in total. The predicted octanol–water partition coefficient (Wildman–Crippen LogP) is 4.75. The molecule has 8 heteroatoms. The summed E-state index contributed by atoms with van der Waals surface area (Å²) in [5, 5.41) is 3.43. The second-order valence-corrected chi connectivity index (χ2v) is 11.7. The molecule has 2 heterocycles. The molecule has 2 saturated heterocycles. The lowest BCUT2D eigenvalue weighted by Crippen LogP contribution is -2.39. The Balaban J connectivity index is 0.000000230. The maximum Gasteiger partial charge on any atom is 0.410 e. The van der Waals surface area contributed by atoms with E-state index in [-0.39, 0.29) is 6.09 Å². The average molecular weight is 539 g/mol. The van der Waals surface area contributed by atoms with Crippen molar-refractivity contribution in [1.82, 2.24) is 10.2 Å². The topological polar surface area (TPSA) is 54.5 Å². The Labute approximate surface area is 236 Å². The first-order chi connectivity index (χ1) is 18.5. The van der Waals surface area contributed by atoms with Crippen LogP contribution in [0, 0.1) is 0 Å². The minimum Gasteiger partial charge on any atom is -0.444 e. The molecule has 2 aliphatic heterocycles. The fourth-order valence-electron chi connectivity index (χ4n) is 4.71. The molecular formula is C31H50N6O2. The number of benzene rings is 2. The zero-order valence-corrected chi connectivity index (χ0v) is 25.2. The van der Waals surface area contributed by atoms with Crippen LogP contribution in [0.1, 0.15) is 33.6 Å². The van der Waals surface area contributed by atoms with Crippen molar-refractivity contribution in [2.45, 2.75) is 39.2 Å². The standard InChI is InChI=1S/C18H29N3O2.C13H21N3/c1-18(2,3)23-17(22)21-12-6-11-20(13-14-21)16-9-7-15(8-10-16)19(4)5;1-15(2)12-4-6-13(7-5-12)16-10-3-8-14-9-11-16/h7-10H,6,11-14H2,1-5H3;4-7,14H,3,8-11H2,1-2H3. The Morgan fingerprint density at radius 2 is 1.21 bits per heavy atom. The van der Waals surface area contributed by atoms with Gasteiger partial charge in [-0.15, -0.1) is 0 Å². The SMILES string of the molecule is CN(C)c1ccc(N2CCCN(C(=O)OC(C)(C)C)CC2)cc1.CN(C)c1ccc(N2CCCNCC2)cc1. The molecule has 2 fully saturated rings. The first-order valence-corrected chi connectivity index (χ1v) is 14.3. The normalized spacial score (nSPS) is 16.4. The van der Waals surface area contributed by atoms with E-state index in [0.29, 0.717) is 6.54 Å². The van der Waals surface area contributed by atoms with Crippen molar-refractivity contribution in [2.75, 3.05) is 100 Å². The largest absolute Gasteiger partial charge is 0.444 e. The van der Waals surface area contributed by atoms with Gasteiger partial charge in [0.1, 0.15) is 5.60 Å². The van der Waals surface area contributed by atoms with E-state index in [1.165, 1.54) is 29.2 Å². The molecule has 4 rings (SSSR count). The lowest BCUT2D eigenvalue weighted by molar-refractivity contribution is 0.0263. The van der Waals surface area contributed by atoms with Crippen LogP contribution in [0.15, 0.2) is 48.5 Å². The van der Waals surface area contributed by atoms with Crippen LogP contribution in [0.3, 0.4) is 0 Å². The molecule has 0 aliphatic carbocycles. The van der Waals surface area contributed by atoms with Crippen molar-refractivity contribution in [3.05, 3.63) is 48.5 Å². The van der Waals surface area contributed by atoms with Gasteiger partial charge in [-0.2, -0.15) is 0 Å². The monoisotopic (exact) mass is 538 g/mol. The maximum absolute atomic E-state index is 12.2. The predicted molar refractivity (Wildman–Crippen MR) is 166 cm³/mol. The zero-order chi connectivity index (χ0) is 28.4. The number of nitrogens with zero attached hydrogens (tertiary/aromatic N) is 5. The molecule has 0 bridgehead atoms. The van der Waals surface area contributed by atoms with Crippen molar-refractivity contribution in [3.8, 4) is 0 Å². The molecule has 1 amide bonds. The van der Waals surface area contributed by atoms with Crippen molar-refractivity contribution in [3.63, 3.8) is 0 Å². The van der Waals surface area contributed by atoms with Crippen LogP contribution in [0.4, 0.5) is 27.5 Å². The molecule has 39 heavy (non-hydrogen) atoms. The third-order valence-electron chi connectivity index (χ3n) is 6.95. The number of carbonyl (C=O) groups excluding carboxylic acids is 1. The number of hydrogen-bond acceptors (Lipinski definition) is 7. The number of nitrogens with one attached hydrogen (secondary N) is 1. The molecule has 0 spiro atoms. The van der Waals surface area contributed by atoms with Gasteiger partial charge in [-0.05, 0) is 88.7 Å². The van der Waals surface area contributed by atoms with Crippen molar-refractivity contribution in [1.29, 1.82) is 0 Å². The molecule has 2 aromatic rings. The Morgan fingerprint density at radius 1 is 0.692 bits per heavy atom. The van der Waals surface area contributed by atoms with Crippen LogP contribution >= 0.6 is 0 Å². The van der Waals surface area contributed by atoms with Crippen LogP contribution in [0.5, 0.6) is 0 Å². The molecule has 216 valence electrons. The van der Waals surface area contributed by atoms with Crippen LogP contribution in [0.25, 0.3) is 0 Å². The van der Waals surface area contributed by atoms with E-state index in [1.807, 2.05) is 39.8 Å². The number of rotatable bonds is 4. The van der Waals surface area contributed by atoms with Gasteiger partial charge in [0.2, 0.25) is 0 Å². The van der Waals surface area contributed by atoms with Gasteiger partial charge in [-0.3, -0.25) is 0 Å². The van der Waals surface area contributed by atoms with E-state index >= 15 is 0 Å². The number of carbonyl (C=O) groups is 1. The van der Waals surface area contributed by atoms with E-state index in [2.05, 4.69) is 87.5 Å². The molecule has 0 unspecified atom stereocenters. The molecule has 1 N–H and O–H groups in total. The summed E-state index contributed by atoms with van der Waals surface area (Å²) in [5.74, 6) is 0. The lowest BCUT2D eigenvalue weighted by Gasteiger charge is -2.27. The maximum atomic E-state index is 12.2. The minimum absolute atomic E-state index is 0.206. The zero-order valence-electron chi connectivity index (χ0n) is 25.2. The van der Waals surface area contributed by atoms with E-state index in [0.717, 1.165) is 52.2 Å². The number of anilines is 4. The minimum atomic E-state index is -0.439. The third-order valence-corrected chi connectivity index (χ3v) is 6.95.